The summed E-state index contributed by atoms with van der Waals surface area (Å²) in [7, 11) is 0. The van der Waals surface area contributed by atoms with Gasteiger partial charge in [0.25, 0.3) is 0 Å². The fourth-order valence-corrected chi connectivity index (χ4v) is 3.87. The molecule has 0 aliphatic carbocycles. The largest absolute Gasteiger partial charge is 0.492 e. The summed E-state index contributed by atoms with van der Waals surface area (Å²) in [6.45, 7) is 8.28. The van der Waals surface area contributed by atoms with Crippen LogP contribution in [0.15, 0.2) is 18.2 Å². The highest BCUT2D eigenvalue weighted by atomic mass is 16.5. The third-order valence-electron chi connectivity index (χ3n) is 5.25. The molecule has 2 fully saturated rings. The molecule has 3 unspecified atom stereocenters. The first-order valence-corrected chi connectivity index (χ1v) is 8.85. The molecule has 2 saturated heterocycles. The van der Waals surface area contributed by atoms with E-state index in [2.05, 4.69) is 36.9 Å². The van der Waals surface area contributed by atoms with Crippen LogP contribution in [-0.4, -0.2) is 55.1 Å². The van der Waals surface area contributed by atoms with E-state index in [0.717, 1.165) is 31.7 Å². The minimum Gasteiger partial charge on any atom is -0.492 e. The summed E-state index contributed by atoms with van der Waals surface area (Å²) in [5.74, 6) is 1.24. The van der Waals surface area contributed by atoms with Crippen molar-refractivity contribution in [3.63, 3.8) is 0 Å². The second-order valence-electron chi connectivity index (χ2n) is 6.96. The van der Waals surface area contributed by atoms with Crippen molar-refractivity contribution in [2.45, 2.75) is 45.3 Å². The van der Waals surface area contributed by atoms with Gasteiger partial charge in [-0.15, -0.1) is 0 Å². The molecule has 2 aliphatic heterocycles. The van der Waals surface area contributed by atoms with Crippen LogP contribution in [0.3, 0.4) is 0 Å². The summed E-state index contributed by atoms with van der Waals surface area (Å²) in [4.78, 5) is 2.48. The number of benzene rings is 1. The van der Waals surface area contributed by atoms with E-state index in [1.165, 1.54) is 17.5 Å². The Bertz CT molecular complexity index is 519. The van der Waals surface area contributed by atoms with Crippen LogP contribution >= 0.6 is 0 Å². The van der Waals surface area contributed by atoms with Gasteiger partial charge in [0.1, 0.15) is 12.4 Å². The van der Waals surface area contributed by atoms with Crippen molar-refractivity contribution in [3.05, 3.63) is 29.3 Å². The molecule has 4 nitrogen and oxygen atoms in total. The first kappa shape index (κ1) is 16.7. The number of aliphatic hydroxyl groups is 1. The molecule has 0 spiro atoms. The minimum absolute atomic E-state index is 0.214. The predicted molar refractivity (Wildman–Crippen MR) is 90.9 cm³/mol. The van der Waals surface area contributed by atoms with Crippen LogP contribution in [0.2, 0.25) is 0 Å². The molecule has 1 N–H and O–H groups in total. The molecule has 3 rings (SSSR count). The van der Waals surface area contributed by atoms with E-state index in [-0.39, 0.29) is 12.0 Å². The second kappa shape index (κ2) is 7.65. The lowest BCUT2D eigenvalue weighted by atomic mass is 9.89. The Hall–Kier alpha value is -1.10. The molecule has 2 heterocycles. The van der Waals surface area contributed by atoms with Gasteiger partial charge in [0.05, 0.1) is 12.7 Å². The molecule has 0 amide bonds. The zero-order valence-corrected chi connectivity index (χ0v) is 14.3. The van der Waals surface area contributed by atoms with Gasteiger partial charge in [-0.2, -0.15) is 0 Å². The van der Waals surface area contributed by atoms with Gasteiger partial charge in [0.2, 0.25) is 0 Å². The highest BCUT2D eigenvalue weighted by Gasteiger charge is 2.37. The lowest BCUT2D eigenvalue weighted by molar-refractivity contribution is -0.0634. The van der Waals surface area contributed by atoms with E-state index in [0.29, 0.717) is 25.9 Å². The number of nitrogens with zero attached hydrogens (tertiary/aromatic N) is 1. The Labute approximate surface area is 139 Å². The Kier molecular flexibility index (Phi) is 5.57. The van der Waals surface area contributed by atoms with Crippen molar-refractivity contribution in [2.24, 2.45) is 5.92 Å². The van der Waals surface area contributed by atoms with Gasteiger partial charge in [0.15, 0.2) is 0 Å². The Balaban J connectivity index is 1.53. The highest BCUT2D eigenvalue weighted by Crippen LogP contribution is 2.29. The van der Waals surface area contributed by atoms with Crippen molar-refractivity contribution in [2.75, 3.05) is 32.9 Å². The van der Waals surface area contributed by atoms with Crippen LogP contribution in [-0.2, 0) is 4.74 Å². The summed E-state index contributed by atoms with van der Waals surface area (Å²) in [5.41, 5.74) is 2.41. The summed E-state index contributed by atoms with van der Waals surface area (Å²) in [6, 6.07) is 6.77. The van der Waals surface area contributed by atoms with Gasteiger partial charge in [-0.25, -0.2) is 0 Å². The number of aliphatic hydroxyl groups excluding tert-OH is 1. The third kappa shape index (κ3) is 4.06. The molecule has 0 aromatic heterocycles. The maximum absolute atomic E-state index is 10.3. The van der Waals surface area contributed by atoms with E-state index in [9.17, 15) is 5.11 Å². The summed E-state index contributed by atoms with van der Waals surface area (Å²) < 4.78 is 11.6. The number of likely N-dealkylation sites (tertiary alicyclic amines) is 1. The maximum atomic E-state index is 10.3. The normalized spacial score (nSPS) is 28.9. The van der Waals surface area contributed by atoms with E-state index in [4.69, 9.17) is 9.47 Å². The third-order valence-corrected chi connectivity index (χ3v) is 5.25. The lowest BCUT2D eigenvalue weighted by Gasteiger charge is -2.37. The number of hydrogen-bond donors (Lipinski definition) is 1. The van der Waals surface area contributed by atoms with Crippen molar-refractivity contribution >= 4 is 0 Å². The van der Waals surface area contributed by atoms with Crippen molar-refractivity contribution in [1.82, 2.24) is 4.90 Å². The minimum atomic E-state index is -0.214. The van der Waals surface area contributed by atoms with E-state index in [1.807, 2.05) is 0 Å². The van der Waals surface area contributed by atoms with Gasteiger partial charge < -0.3 is 14.6 Å². The summed E-state index contributed by atoms with van der Waals surface area (Å²) >= 11 is 0. The first-order valence-electron chi connectivity index (χ1n) is 8.85. The fourth-order valence-electron chi connectivity index (χ4n) is 3.87. The Morgan fingerprint density at radius 1 is 1.30 bits per heavy atom. The van der Waals surface area contributed by atoms with Crippen molar-refractivity contribution in [3.8, 4) is 5.75 Å². The van der Waals surface area contributed by atoms with Crippen LogP contribution in [0.5, 0.6) is 5.75 Å². The molecule has 1 aromatic rings. The molecule has 23 heavy (non-hydrogen) atoms. The molecule has 0 saturated carbocycles. The fraction of sp³-hybridized carbons (Fsp3) is 0.684. The van der Waals surface area contributed by atoms with Gasteiger partial charge >= 0.3 is 0 Å². The predicted octanol–water partition coefficient (Wildman–Crippen LogP) is 2.54. The smallest absolute Gasteiger partial charge is 0.122 e. The SMILES string of the molecule is Cc1ccc(C)c(OCCN2CCCC2C2COCCC2O)c1. The Morgan fingerprint density at radius 3 is 3.00 bits per heavy atom. The zero-order chi connectivity index (χ0) is 16.2. The van der Waals surface area contributed by atoms with Crippen LogP contribution in [0.4, 0.5) is 0 Å². The standard InChI is InChI=1S/C19H29NO3/c1-14-5-6-15(2)19(12-14)23-11-9-20-8-3-4-17(20)16-13-22-10-7-18(16)21/h5-6,12,16-18,21H,3-4,7-11,13H2,1-2H3. The van der Waals surface area contributed by atoms with Crippen LogP contribution < -0.4 is 4.74 Å². The quantitative estimate of drug-likeness (QED) is 0.906. The molecule has 0 bridgehead atoms. The van der Waals surface area contributed by atoms with E-state index < -0.39 is 0 Å². The number of hydrogen-bond acceptors (Lipinski definition) is 4. The first-order chi connectivity index (χ1) is 11.1. The summed E-state index contributed by atoms with van der Waals surface area (Å²) in [5, 5.41) is 10.3. The molecule has 2 aliphatic rings. The molecule has 4 heteroatoms. The van der Waals surface area contributed by atoms with Crippen molar-refractivity contribution in [1.29, 1.82) is 0 Å². The molecule has 1 aromatic carbocycles. The molecule has 128 valence electrons. The van der Waals surface area contributed by atoms with E-state index >= 15 is 0 Å². The lowest BCUT2D eigenvalue weighted by Crippen LogP contribution is -2.47. The highest BCUT2D eigenvalue weighted by molar-refractivity contribution is 5.35. The topological polar surface area (TPSA) is 41.9 Å². The van der Waals surface area contributed by atoms with Crippen LogP contribution in [0, 0.1) is 19.8 Å². The van der Waals surface area contributed by atoms with Crippen LogP contribution in [0.25, 0.3) is 0 Å². The number of rotatable bonds is 5. The monoisotopic (exact) mass is 319 g/mol. The van der Waals surface area contributed by atoms with Gasteiger partial charge in [-0.3, -0.25) is 4.90 Å². The zero-order valence-electron chi connectivity index (χ0n) is 14.3. The van der Waals surface area contributed by atoms with Gasteiger partial charge in [0, 0.05) is 25.1 Å². The number of ether oxygens (including phenoxy) is 2. The molecule has 3 atom stereocenters. The average molecular weight is 319 g/mol. The average Bonchev–Trinajstić information content (AvgIpc) is 2.99. The Morgan fingerprint density at radius 2 is 2.17 bits per heavy atom. The molecular formula is C19H29NO3. The second-order valence-corrected chi connectivity index (χ2v) is 6.96. The van der Waals surface area contributed by atoms with E-state index in [1.54, 1.807) is 0 Å². The van der Waals surface area contributed by atoms with Gasteiger partial charge in [-0.05, 0) is 56.8 Å². The maximum Gasteiger partial charge on any atom is 0.122 e. The van der Waals surface area contributed by atoms with Crippen molar-refractivity contribution < 1.29 is 14.6 Å². The van der Waals surface area contributed by atoms with Crippen LogP contribution in [0.1, 0.15) is 30.4 Å². The van der Waals surface area contributed by atoms with Gasteiger partial charge in [-0.1, -0.05) is 12.1 Å². The summed E-state index contributed by atoms with van der Waals surface area (Å²) in [6.07, 6.45) is 2.93. The number of aryl methyl sites for hydroxylation is 2. The molecule has 0 radical (unpaired) electrons. The molecular weight excluding hydrogens is 290 g/mol.